The van der Waals surface area contributed by atoms with E-state index in [-0.39, 0.29) is 58.4 Å². The molecule has 0 N–H and O–H groups in total. The second-order valence-corrected chi connectivity index (χ2v) is 9.28. The molecule has 0 aromatic rings. The van der Waals surface area contributed by atoms with Crippen molar-refractivity contribution in [3.8, 4) is 0 Å². The van der Waals surface area contributed by atoms with Crippen LogP contribution in [0.2, 0.25) is 3.67 Å². The summed E-state index contributed by atoms with van der Waals surface area (Å²) in [5.74, 6) is 0. The van der Waals surface area contributed by atoms with E-state index in [0.29, 0.717) is 0 Å². The topological polar surface area (TPSA) is 172 Å². The summed E-state index contributed by atoms with van der Waals surface area (Å²) >= 11 is 1.41. The molecule has 0 amide bonds. The summed E-state index contributed by atoms with van der Waals surface area (Å²) in [5.41, 5.74) is 0. The van der Waals surface area contributed by atoms with E-state index in [0.717, 1.165) is 0 Å². The van der Waals surface area contributed by atoms with Gasteiger partial charge in [0, 0.05) is 0 Å². The summed E-state index contributed by atoms with van der Waals surface area (Å²) < 4.78 is 18.6. The Hall–Kier alpha value is 3.09. The second-order valence-electron chi connectivity index (χ2n) is 6.49. The molecule has 0 saturated carbocycles. The molecule has 0 bridgehead atoms. The average Bonchev–Trinajstić information content (AvgIpc) is 2.49. The first-order chi connectivity index (χ1) is 12.4. The number of hydrogen-bond acceptors (Lipinski definition) is 8. The number of unbranched alkanes of at least 4 members (excludes halogenated alkanes) is 13. The maximum absolute atomic E-state index is 8.55. The van der Waals surface area contributed by atoms with Crippen LogP contribution in [-0.2, 0) is 67.6 Å². The minimum Gasteiger partial charge on any atom is -0.822 e. The first-order valence-electron chi connectivity index (χ1n) is 9.87. The maximum atomic E-state index is 8.55. The van der Waals surface area contributed by atoms with Gasteiger partial charge in [-0.1, -0.05) is 26.2 Å². The molecule has 0 fully saturated rings. The van der Waals surface area contributed by atoms with Crippen LogP contribution in [0, 0.1) is 0 Å². The number of rotatable bonds is 14. The zero-order valence-electron chi connectivity index (χ0n) is 18.9. The monoisotopic (exact) mass is 630 g/mol. The van der Waals surface area contributed by atoms with Gasteiger partial charge in [0.05, 0.1) is 0 Å². The standard InChI is InChI=1S/C16H33.Na.2H3O4P.3Zn/c1-3-5-7-9-11-13-15-16-14-12-10-8-6-4-2;;2*1-5(2,3)4;;;/h1,3-16H2,2H3;;2*(H3,1,2,3,4);;;/q;;;;3*+2/p-6. The quantitative estimate of drug-likeness (QED) is 0.150. The summed E-state index contributed by atoms with van der Waals surface area (Å²) in [7, 11) is -10.8. The molecule has 0 spiro atoms. The van der Waals surface area contributed by atoms with Crippen molar-refractivity contribution in [3.63, 3.8) is 0 Å². The van der Waals surface area contributed by atoms with E-state index in [4.69, 9.17) is 38.5 Å². The summed E-state index contributed by atoms with van der Waals surface area (Å²) in [5, 5.41) is 0. The van der Waals surface area contributed by atoms with Crippen LogP contribution in [0.5, 0.6) is 0 Å². The van der Waals surface area contributed by atoms with Crippen LogP contribution in [-0.4, -0.2) is 27.9 Å². The van der Waals surface area contributed by atoms with Crippen molar-refractivity contribution in [2.45, 2.75) is 100 Å². The van der Waals surface area contributed by atoms with Crippen LogP contribution in [0.25, 0.3) is 0 Å². The predicted octanol–water partition coefficient (Wildman–Crippen LogP) is 0.398. The van der Waals surface area contributed by atoms with Crippen LogP contribution in [0.1, 0.15) is 96.8 Å². The van der Waals surface area contributed by atoms with Crippen molar-refractivity contribution in [1.82, 2.24) is 0 Å². The molecule has 0 atom stereocenters. The van der Waals surface area contributed by atoms with Gasteiger partial charge in [-0.25, -0.2) is 0 Å². The largest absolute Gasteiger partial charge is 2.00 e. The van der Waals surface area contributed by atoms with Gasteiger partial charge in [0.15, 0.2) is 0 Å². The molecule has 0 aliphatic carbocycles. The van der Waals surface area contributed by atoms with Crippen molar-refractivity contribution in [2.24, 2.45) is 0 Å². The molecule has 0 aliphatic heterocycles. The fourth-order valence-electron chi connectivity index (χ4n) is 2.44. The molecule has 0 aliphatic rings. The van der Waals surface area contributed by atoms with Crippen LogP contribution in [0.15, 0.2) is 0 Å². The molecular formula is C16H33NaO8P2Zn3. The van der Waals surface area contributed by atoms with Crippen LogP contribution in [0.3, 0.4) is 0 Å². The Morgan fingerprint density at radius 2 is 0.667 bits per heavy atom. The molecule has 0 heterocycles. The third-order valence-electron chi connectivity index (χ3n) is 3.71. The van der Waals surface area contributed by atoms with E-state index in [1.165, 1.54) is 121 Å². The Morgan fingerprint density at radius 3 is 0.833 bits per heavy atom. The summed E-state index contributed by atoms with van der Waals surface area (Å²) in [6.07, 6.45) is 20.7. The molecule has 0 aromatic heterocycles. The third kappa shape index (κ3) is 96.4. The molecule has 0 radical (unpaired) electrons. The first kappa shape index (κ1) is 46.4. The van der Waals surface area contributed by atoms with E-state index < -0.39 is 15.6 Å². The van der Waals surface area contributed by atoms with E-state index >= 15 is 0 Å². The molecule has 14 heteroatoms. The first-order valence-corrected chi connectivity index (χ1v) is 14.2. The number of phosphoric acid groups is 2. The van der Waals surface area contributed by atoms with Gasteiger partial charge in [-0.05, 0) is 0 Å². The van der Waals surface area contributed by atoms with E-state index in [2.05, 4.69) is 6.92 Å². The Balaban J connectivity index is -0.0000000930. The minimum absolute atomic E-state index is 0. The maximum Gasteiger partial charge on any atom is 2.00 e. The van der Waals surface area contributed by atoms with Gasteiger partial charge in [0.1, 0.15) is 0 Å². The minimum atomic E-state index is -5.39. The molecule has 0 aromatic carbocycles. The van der Waals surface area contributed by atoms with Crippen LogP contribution >= 0.6 is 15.6 Å². The van der Waals surface area contributed by atoms with Crippen molar-refractivity contribution in [2.75, 3.05) is 0 Å². The third-order valence-corrected chi connectivity index (χ3v) is 4.41. The van der Waals surface area contributed by atoms with E-state index in [1.54, 1.807) is 0 Å². The van der Waals surface area contributed by atoms with Gasteiger partial charge in [-0.3, -0.25) is 0 Å². The Kier molecular flexibility index (Phi) is 53.0. The molecule has 8 nitrogen and oxygen atoms in total. The summed E-state index contributed by atoms with van der Waals surface area (Å²) in [6, 6.07) is 0. The zero-order chi connectivity index (χ0) is 21.6. The smallest absolute Gasteiger partial charge is 0.822 e. The van der Waals surface area contributed by atoms with Crippen LogP contribution < -0.4 is 29.4 Å². The summed E-state index contributed by atoms with van der Waals surface area (Å²) in [6.45, 7) is 2.29. The summed E-state index contributed by atoms with van der Waals surface area (Å²) in [4.78, 5) is 51.3. The average molecular weight is 635 g/mol. The van der Waals surface area contributed by atoms with E-state index in [9.17, 15) is 0 Å². The SMILES string of the molecule is CCCCCCCCCCCCCCC[CH2][Na].O=P([O-])([O-])[O-].O=P([O-])([O-])[O-].[Zn+2].[Zn+2].[Zn+2]. The van der Waals surface area contributed by atoms with Gasteiger partial charge in [0.25, 0.3) is 0 Å². The van der Waals surface area contributed by atoms with Gasteiger partial charge in [0.2, 0.25) is 0 Å². The molecule has 0 rings (SSSR count). The Morgan fingerprint density at radius 1 is 0.500 bits per heavy atom. The van der Waals surface area contributed by atoms with Crippen molar-refractivity contribution < 1.29 is 96.9 Å². The molecular weight excluding hydrogens is 601 g/mol. The van der Waals surface area contributed by atoms with Crippen molar-refractivity contribution in [1.29, 1.82) is 0 Å². The van der Waals surface area contributed by atoms with Gasteiger partial charge in [-0.15, -0.1) is 0 Å². The normalized spacial score (nSPS) is 10.2. The number of hydrogen-bond donors (Lipinski definition) is 0. The molecule has 162 valence electrons. The predicted molar refractivity (Wildman–Crippen MR) is 96.1 cm³/mol. The zero-order valence-corrected chi connectivity index (χ0v) is 31.6. The fourth-order valence-corrected chi connectivity index (χ4v) is 2.94. The second kappa shape index (κ2) is 34.3. The molecule has 0 saturated heterocycles. The van der Waals surface area contributed by atoms with Crippen LogP contribution in [0.4, 0.5) is 0 Å². The Labute approximate surface area is 238 Å². The molecule has 0 unspecified atom stereocenters. The van der Waals surface area contributed by atoms with Gasteiger partial charge < -0.3 is 38.5 Å². The van der Waals surface area contributed by atoms with Crippen molar-refractivity contribution >= 4 is 43.6 Å². The van der Waals surface area contributed by atoms with E-state index in [1.807, 2.05) is 0 Å². The molecule has 30 heavy (non-hydrogen) atoms. The van der Waals surface area contributed by atoms with Crippen molar-refractivity contribution in [3.05, 3.63) is 0 Å². The fraction of sp³-hybridized carbons (Fsp3) is 1.00. The van der Waals surface area contributed by atoms with Gasteiger partial charge >= 0.3 is 161 Å². The van der Waals surface area contributed by atoms with Gasteiger partial charge in [-0.2, -0.15) is 15.6 Å². The Bertz CT molecular complexity index is 337.